The molecule has 8 nitrogen and oxygen atoms in total. The van der Waals surface area contributed by atoms with Crippen molar-refractivity contribution < 1.29 is 24.2 Å². The Hall–Kier alpha value is -2.29. The van der Waals surface area contributed by atoms with E-state index in [9.17, 15) is 19.5 Å². The number of methoxy groups -OCH3 is 1. The lowest BCUT2D eigenvalue weighted by atomic mass is 9.82. The van der Waals surface area contributed by atoms with E-state index >= 15 is 0 Å². The second-order valence-electron chi connectivity index (χ2n) is 10.5. The molecule has 4 aliphatic rings. The summed E-state index contributed by atoms with van der Waals surface area (Å²) >= 11 is 0. The molecule has 3 amide bonds. The zero-order valence-corrected chi connectivity index (χ0v) is 19.9. The molecule has 1 aromatic carbocycles. The van der Waals surface area contributed by atoms with Crippen LogP contribution in [-0.2, 0) is 26.5 Å². The molecule has 2 N–H and O–H groups in total. The number of ether oxygens (including phenoxy) is 1. The lowest BCUT2D eigenvalue weighted by Gasteiger charge is -2.40. The highest BCUT2D eigenvalue weighted by Gasteiger charge is 2.41. The molecule has 8 heteroatoms. The summed E-state index contributed by atoms with van der Waals surface area (Å²) in [6, 6.07) is 4.98. The highest BCUT2D eigenvalue weighted by Crippen LogP contribution is 2.37. The molecule has 0 aromatic heterocycles. The van der Waals surface area contributed by atoms with Gasteiger partial charge in [-0.1, -0.05) is 12.1 Å². The number of aliphatic hydroxyl groups is 1. The first-order chi connectivity index (χ1) is 16.4. The number of likely N-dealkylation sites (tertiary alicyclic amines) is 1. The van der Waals surface area contributed by atoms with Gasteiger partial charge in [0.2, 0.25) is 11.8 Å². The topological polar surface area (TPSA) is 99.2 Å². The monoisotopic (exact) mass is 469 g/mol. The molecule has 1 unspecified atom stereocenters. The molecule has 0 spiro atoms. The van der Waals surface area contributed by atoms with E-state index < -0.39 is 17.6 Å². The van der Waals surface area contributed by atoms with E-state index in [0.717, 1.165) is 43.6 Å². The molecule has 3 heterocycles. The van der Waals surface area contributed by atoms with Gasteiger partial charge in [0.25, 0.3) is 5.91 Å². The third-order valence-corrected chi connectivity index (χ3v) is 8.39. The van der Waals surface area contributed by atoms with Crippen molar-refractivity contribution in [2.75, 3.05) is 26.7 Å². The van der Waals surface area contributed by atoms with E-state index in [-0.39, 0.29) is 18.2 Å². The van der Waals surface area contributed by atoms with Crippen molar-refractivity contribution in [2.45, 2.75) is 75.7 Å². The summed E-state index contributed by atoms with van der Waals surface area (Å²) < 4.78 is 5.49. The van der Waals surface area contributed by atoms with Gasteiger partial charge in [-0.25, -0.2) is 0 Å². The van der Waals surface area contributed by atoms with E-state index in [1.807, 2.05) is 12.1 Å². The lowest BCUT2D eigenvalue weighted by Crippen LogP contribution is -2.52. The second-order valence-corrected chi connectivity index (χ2v) is 10.5. The maximum Gasteiger partial charge on any atom is 0.255 e. The molecular formula is C26H35N3O5. The Morgan fingerprint density at radius 3 is 2.50 bits per heavy atom. The molecule has 0 bridgehead atoms. The van der Waals surface area contributed by atoms with Gasteiger partial charge in [0.1, 0.15) is 6.04 Å². The summed E-state index contributed by atoms with van der Waals surface area (Å²) in [5.41, 5.74) is 1.38. The normalized spacial score (nSPS) is 29.8. The van der Waals surface area contributed by atoms with Crippen LogP contribution in [0.25, 0.3) is 0 Å². The third-order valence-electron chi connectivity index (χ3n) is 8.39. The number of fused-ring (bicyclic) bond motifs is 1. The molecule has 1 aliphatic carbocycles. The first kappa shape index (κ1) is 23.5. The maximum absolute atomic E-state index is 12.9. The Balaban J connectivity index is 1.21. The average molecular weight is 470 g/mol. The van der Waals surface area contributed by atoms with Crippen LogP contribution >= 0.6 is 0 Å². The minimum Gasteiger partial charge on any atom is -0.385 e. The van der Waals surface area contributed by atoms with Crippen molar-refractivity contribution in [3.63, 3.8) is 0 Å². The van der Waals surface area contributed by atoms with Crippen LogP contribution in [0.4, 0.5) is 0 Å². The van der Waals surface area contributed by atoms with E-state index in [4.69, 9.17) is 4.74 Å². The van der Waals surface area contributed by atoms with Crippen LogP contribution in [0.1, 0.15) is 72.9 Å². The smallest absolute Gasteiger partial charge is 0.255 e. The van der Waals surface area contributed by atoms with Gasteiger partial charge in [-0.05, 0) is 68.1 Å². The fourth-order valence-electron chi connectivity index (χ4n) is 6.17. The number of hydrogen-bond donors (Lipinski definition) is 2. The van der Waals surface area contributed by atoms with E-state index in [0.29, 0.717) is 43.4 Å². The molecular weight excluding hydrogens is 434 g/mol. The summed E-state index contributed by atoms with van der Waals surface area (Å²) in [6.07, 6.45) is 7.05. The van der Waals surface area contributed by atoms with Gasteiger partial charge in [-0.2, -0.15) is 0 Å². The average Bonchev–Trinajstić information content (AvgIpc) is 3.17. The van der Waals surface area contributed by atoms with Crippen molar-refractivity contribution in [2.24, 2.45) is 5.92 Å². The number of imide groups is 1. The minimum atomic E-state index is -0.898. The number of rotatable bonds is 5. The Kier molecular flexibility index (Phi) is 6.48. The lowest BCUT2D eigenvalue weighted by molar-refractivity contribution is -0.136. The highest BCUT2D eigenvalue weighted by molar-refractivity contribution is 6.05. The Bertz CT molecular complexity index is 963. The Morgan fingerprint density at radius 1 is 1.09 bits per heavy atom. The van der Waals surface area contributed by atoms with E-state index in [1.54, 1.807) is 18.1 Å². The number of hydrogen-bond acceptors (Lipinski definition) is 6. The summed E-state index contributed by atoms with van der Waals surface area (Å²) in [5, 5.41) is 13.8. The van der Waals surface area contributed by atoms with Crippen molar-refractivity contribution in [1.29, 1.82) is 0 Å². The first-order valence-corrected chi connectivity index (χ1v) is 12.6. The van der Waals surface area contributed by atoms with Crippen LogP contribution in [0.15, 0.2) is 18.2 Å². The summed E-state index contributed by atoms with van der Waals surface area (Å²) in [6.45, 7) is 3.14. The zero-order valence-electron chi connectivity index (χ0n) is 19.9. The molecule has 184 valence electrons. The van der Waals surface area contributed by atoms with Gasteiger partial charge in [0.15, 0.2) is 0 Å². The molecule has 5 rings (SSSR count). The van der Waals surface area contributed by atoms with Crippen LogP contribution < -0.4 is 5.32 Å². The van der Waals surface area contributed by atoms with Gasteiger partial charge in [0.05, 0.1) is 11.7 Å². The first-order valence-electron chi connectivity index (χ1n) is 12.6. The molecule has 1 atom stereocenters. The quantitative estimate of drug-likeness (QED) is 0.640. The Labute approximate surface area is 200 Å². The number of amides is 3. The van der Waals surface area contributed by atoms with Crippen molar-refractivity contribution in [3.8, 4) is 0 Å². The molecule has 3 fully saturated rings. The number of nitrogens with zero attached hydrogens (tertiary/aromatic N) is 2. The van der Waals surface area contributed by atoms with Crippen molar-refractivity contribution in [3.05, 3.63) is 34.9 Å². The van der Waals surface area contributed by atoms with Crippen molar-refractivity contribution >= 4 is 17.7 Å². The van der Waals surface area contributed by atoms with Crippen LogP contribution in [0.2, 0.25) is 0 Å². The van der Waals surface area contributed by atoms with Crippen LogP contribution in [0.5, 0.6) is 0 Å². The van der Waals surface area contributed by atoms with E-state index in [1.165, 1.54) is 12.8 Å². The number of nitrogens with one attached hydrogen (secondary N) is 1. The van der Waals surface area contributed by atoms with Gasteiger partial charge in [-0.3, -0.25) is 19.7 Å². The number of carbonyl (C=O) groups excluding carboxylic acids is 3. The SMILES string of the molecule is COC1CCC(CN2CCC(O)(c3ccc4c(c3)CN(C3CCC(=O)NC3=O)C4=O)CC2)CC1. The Morgan fingerprint density at radius 2 is 1.82 bits per heavy atom. The highest BCUT2D eigenvalue weighted by atomic mass is 16.5. The predicted molar refractivity (Wildman–Crippen MR) is 125 cm³/mol. The zero-order chi connectivity index (χ0) is 23.9. The van der Waals surface area contributed by atoms with Crippen LogP contribution in [0, 0.1) is 5.92 Å². The molecule has 2 saturated heterocycles. The van der Waals surface area contributed by atoms with Gasteiger partial charge in [-0.15, -0.1) is 0 Å². The largest absolute Gasteiger partial charge is 0.385 e. The fraction of sp³-hybridized carbons (Fsp3) is 0.654. The van der Waals surface area contributed by atoms with Crippen molar-refractivity contribution in [1.82, 2.24) is 15.1 Å². The van der Waals surface area contributed by atoms with Crippen LogP contribution in [-0.4, -0.2) is 71.5 Å². The minimum absolute atomic E-state index is 0.180. The van der Waals surface area contributed by atoms with E-state index in [2.05, 4.69) is 10.2 Å². The maximum atomic E-state index is 12.9. The third kappa shape index (κ3) is 4.51. The van der Waals surface area contributed by atoms with Gasteiger partial charge >= 0.3 is 0 Å². The molecule has 0 radical (unpaired) electrons. The van der Waals surface area contributed by atoms with Crippen LogP contribution in [0.3, 0.4) is 0 Å². The standard InChI is InChI=1S/C26H35N3O5/c1-34-20-5-2-17(3-6-20)15-28-12-10-26(33,11-13-28)19-4-7-21-18(14-19)16-29(25(21)32)22-8-9-23(30)27-24(22)31/h4,7,14,17,20,22,33H,2-3,5-6,8-13,15-16H2,1H3,(H,27,30,31). The molecule has 3 aliphatic heterocycles. The molecule has 1 aromatic rings. The number of carbonyl (C=O) groups is 3. The van der Waals surface area contributed by atoms with Gasteiger partial charge in [0, 0.05) is 45.3 Å². The summed E-state index contributed by atoms with van der Waals surface area (Å²) in [5.74, 6) is -0.161. The summed E-state index contributed by atoms with van der Waals surface area (Å²) in [4.78, 5) is 40.7. The fourth-order valence-corrected chi connectivity index (χ4v) is 6.17. The predicted octanol–water partition coefficient (Wildman–Crippen LogP) is 1.94. The second kappa shape index (κ2) is 9.40. The number of piperidine rings is 2. The number of benzene rings is 1. The van der Waals surface area contributed by atoms with Gasteiger partial charge < -0.3 is 19.6 Å². The summed E-state index contributed by atoms with van der Waals surface area (Å²) in [7, 11) is 1.80. The molecule has 1 saturated carbocycles. The molecule has 34 heavy (non-hydrogen) atoms.